The highest BCUT2D eigenvalue weighted by Gasteiger charge is 2.33. The van der Waals surface area contributed by atoms with Gasteiger partial charge in [-0.1, -0.05) is 30.3 Å². The molecule has 1 saturated heterocycles. The first-order chi connectivity index (χ1) is 11.1. The Morgan fingerprint density at radius 2 is 2.04 bits per heavy atom. The molecule has 1 aliphatic rings. The number of nitrogens with two attached hydrogens (primary N) is 1. The third kappa shape index (κ3) is 3.29. The van der Waals surface area contributed by atoms with Crippen molar-refractivity contribution in [1.82, 2.24) is 15.1 Å². The maximum atomic E-state index is 12.5. The van der Waals surface area contributed by atoms with Gasteiger partial charge >= 0.3 is 0 Å². The van der Waals surface area contributed by atoms with E-state index in [1.807, 2.05) is 36.9 Å². The Kier molecular flexibility index (Phi) is 4.48. The summed E-state index contributed by atoms with van der Waals surface area (Å²) in [5, 5.41) is 7.16. The van der Waals surface area contributed by atoms with Crippen molar-refractivity contribution in [3.8, 4) is 0 Å². The molecule has 1 aliphatic heterocycles. The number of hydrogen-bond donors (Lipinski definition) is 2. The SMILES string of the molecule is Cc1n[nH]c(C)c1CCC(=O)N1C[C@H](c2ccccc2)[C@@H](N)C1. The van der Waals surface area contributed by atoms with E-state index in [9.17, 15) is 4.79 Å². The number of rotatable bonds is 4. The number of H-pyrrole nitrogens is 1. The second-order valence-electron chi connectivity index (χ2n) is 6.39. The topological polar surface area (TPSA) is 75.0 Å². The maximum absolute atomic E-state index is 12.5. The number of nitrogens with one attached hydrogen (secondary N) is 1. The Hall–Kier alpha value is -2.14. The lowest BCUT2D eigenvalue weighted by molar-refractivity contribution is -0.130. The molecule has 5 nitrogen and oxygen atoms in total. The lowest BCUT2D eigenvalue weighted by Gasteiger charge is -2.16. The van der Waals surface area contributed by atoms with Gasteiger partial charge in [0.15, 0.2) is 0 Å². The minimum absolute atomic E-state index is 0.0127. The fourth-order valence-electron chi connectivity index (χ4n) is 3.42. The smallest absolute Gasteiger partial charge is 0.222 e. The third-order valence-corrected chi connectivity index (χ3v) is 4.82. The third-order valence-electron chi connectivity index (χ3n) is 4.82. The molecule has 0 bridgehead atoms. The highest BCUT2D eigenvalue weighted by atomic mass is 16.2. The van der Waals surface area contributed by atoms with Crippen molar-refractivity contribution in [1.29, 1.82) is 0 Å². The summed E-state index contributed by atoms with van der Waals surface area (Å²) in [6.07, 6.45) is 1.24. The van der Waals surface area contributed by atoms with E-state index >= 15 is 0 Å². The molecule has 122 valence electrons. The Morgan fingerprint density at radius 1 is 1.30 bits per heavy atom. The molecule has 0 spiro atoms. The predicted molar refractivity (Wildman–Crippen MR) is 90.1 cm³/mol. The molecular weight excluding hydrogens is 288 g/mol. The zero-order chi connectivity index (χ0) is 16.4. The number of aryl methyl sites for hydroxylation is 2. The van der Waals surface area contributed by atoms with Crippen LogP contribution in [0.1, 0.15) is 34.9 Å². The second-order valence-corrected chi connectivity index (χ2v) is 6.39. The summed E-state index contributed by atoms with van der Waals surface area (Å²) >= 11 is 0. The van der Waals surface area contributed by atoms with E-state index in [2.05, 4.69) is 22.3 Å². The highest BCUT2D eigenvalue weighted by Crippen LogP contribution is 2.27. The van der Waals surface area contributed by atoms with Crippen LogP contribution in [0.25, 0.3) is 0 Å². The molecule has 2 atom stereocenters. The summed E-state index contributed by atoms with van der Waals surface area (Å²) in [6, 6.07) is 10.3. The summed E-state index contributed by atoms with van der Waals surface area (Å²) < 4.78 is 0. The number of benzene rings is 1. The molecule has 0 unspecified atom stereocenters. The van der Waals surface area contributed by atoms with Gasteiger partial charge in [-0.25, -0.2) is 0 Å². The molecule has 0 aliphatic carbocycles. The fourth-order valence-corrected chi connectivity index (χ4v) is 3.42. The van der Waals surface area contributed by atoms with Gasteiger partial charge in [-0.3, -0.25) is 9.89 Å². The molecule has 1 aromatic heterocycles. The Morgan fingerprint density at radius 3 is 2.70 bits per heavy atom. The molecular formula is C18H24N4O. The molecule has 1 amide bonds. The molecule has 0 radical (unpaired) electrons. The first kappa shape index (κ1) is 15.7. The van der Waals surface area contributed by atoms with Crippen molar-refractivity contribution in [2.45, 2.75) is 38.6 Å². The van der Waals surface area contributed by atoms with Crippen molar-refractivity contribution in [2.24, 2.45) is 5.73 Å². The molecule has 1 fully saturated rings. The van der Waals surface area contributed by atoms with Gasteiger partial charge in [-0.05, 0) is 31.4 Å². The van der Waals surface area contributed by atoms with Gasteiger partial charge in [0.1, 0.15) is 0 Å². The van der Waals surface area contributed by atoms with Gasteiger partial charge in [0.2, 0.25) is 5.91 Å². The molecule has 0 saturated carbocycles. The van der Waals surface area contributed by atoms with Crippen LogP contribution in [-0.4, -0.2) is 40.1 Å². The maximum Gasteiger partial charge on any atom is 0.222 e. The van der Waals surface area contributed by atoms with Crippen molar-refractivity contribution >= 4 is 5.91 Å². The number of carbonyl (C=O) groups is 1. The number of amides is 1. The minimum Gasteiger partial charge on any atom is -0.340 e. The van der Waals surface area contributed by atoms with E-state index in [0.717, 1.165) is 23.4 Å². The van der Waals surface area contributed by atoms with Crippen molar-refractivity contribution < 1.29 is 4.79 Å². The van der Waals surface area contributed by atoms with Gasteiger partial charge in [0, 0.05) is 37.2 Å². The number of nitrogens with zero attached hydrogens (tertiary/aromatic N) is 2. The summed E-state index contributed by atoms with van der Waals surface area (Å²) in [4.78, 5) is 14.4. The Balaban J connectivity index is 1.61. The van der Waals surface area contributed by atoms with E-state index < -0.39 is 0 Å². The summed E-state index contributed by atoms with van der Waals surface area (Å²) in [7, 11) is 0. The number of hydrogen-bond acceptors (Lipinski definition) is 3. The monoisotopic (exact) mass is 312 g/mol. The normalized spacial score (nSPS) is 20.9. The van der Waals surface area contributed by atoms with E-state index in [1.165, 1.54) is 5.56 Å². The van der Waals surface area contributed by atoms with Crippen LogP contribution in [0.5, 0.6) is 0 Å². The first-order valence-corrected chi connectivity index (χ1v) is 8.15. The average molecular weight is 312 g/mol. The van der Waals surface area contributed by atoms with E-state index in [0.29, 0.717) is 19.5 Å². The number of likely N-dealkylation sites (tertiary alicyclic amines) is 1. The zero-order valence-electron chi connectivity index (χ0n) is 13.7. The average Bonchev–Trinajstić information content (AvgIpc) is 3.09. The van der Waals surface area contributed by atoms with Crippen LogP contribution >= 0.6 is 0 Å². The Bertz CT molecular complexity index is 660. The van der Waals surface area contributed by atoms with Crippen LogP contribution in [0.4, 0.5) is 0 Å². The summed E-state index contributed by atoms with van der Waals surface area (Å²) in [5.41, 5.74) is 10.7. The standard InChI is InChI=1S/C18H24N4O/c1-12-15(13(2)21-20-12)8-9-18(23)22-10-16(17(19)11-22)14-6-4-3-5-7-14/h3-7,16-17H,8-11,19H2,1-2H3,(H,20,21)/t16-,17+/m1/s1. The first-order valence-electron chi connectivity index (χ1n) is 8.15. The van der Waals surface area contributed by atoms with Gasteiger partial charge in [0.05, 0.1) is 5.69 Å². The van der Waals surface area contributed by atoms with Crippen LogP contribution in [0.2, 0.25) is 0 Å². The molecule has 5 heteroatoms. The predicted octanol–water partition coefficient (Wildman–Crippen LogP) is 1.91. The Labute approximate surface area is 136 Å². The molecule has 3 rings (SSSR count). The van der Waals surface area contributed by atoms with Crippen LogP contribution < -0.4 is 5.73 Å². The zero-order valence-corrected chi connectivity index (χ0v) is 13.7. The van der Waals surface area contributed by atoms with Gasteiger partial charge in [0.25, 0.3) is 0 Å². The minimum atomic E-state index is 0.0127. The van der Waals surface area contributed by atoms with Gasteiger partial charge < -0.3 is 10.6 Å². The van der Waals surface area contributed by atoms with Gasteiger partial charge in [-0.15, -0.1) is 0 Å². The van der Waals surface area contributed by atoms with Crippen LogP contribution in [-0.2, 0) is 11.2 Å². The number of aromatic nitrogens is 2. The lowest BCUT2D eigenvalue weighted by atomic mass is 9.95. The number of carbonyl (C=O) groups excluding carboxylic acids is 1. The van der Waals surface area contributed by atoms with Gasteiger partial charge in [-0.2, -0.15) is 5.10 Å². The van der Waals surface area contributed by atoms with E-state index in [1.54, 1.807) is 0 Å². The molecule has 3 N–H and O–H groups in total. The van der Waals surface area contributed by atoms with E-state index in [-0.39, 0.29) is 17.9 Å². The summed E-state index contributed by atoms with van der Waals surface area (Å²) in [5.74, 6) is 0.413. The van der Waals surface area contributed by atoms with E-state index in [4.69, 9.17) is 5.73 Å². The second kappa shape index (κ2) is 6.54. The summed E-state index contributed by atoms with van der Waals surface area (Å²) in [6.45, 7) is 5.33. The quantitative estimate of drug-likeness (QED) is 0.905. The molecule has 1 aromatic carbocycles. The fraction of sp³-hybridized carbons (Fsp3) is 0.444. The lowest BCUT2D eigenvalue weighted by Crippen LogP contribution is -2.32. The largest absolute Gasteiger partial charge is 0.340 e. The van der Waals surface area contributed by atoms with Crippen LogP contribution in [0, 0.1) is 13.8 Å². The molecule has 2 heterocycles. The van der Waals surface area contributed by atoms with Crippen molar-refractivity contribution in [2.75, 3.05) is 13.1 Å². The number of aromatic amines is 1. The highest BCUT2D eigenvalue weighted by molar-refractivity contribution is 5.77. The van der Waals surface area contributed by atoms with Crippen LogP contribution in [0.3, 0.4) is 0 Å². The molecule has 2 aromatic rings. The van der Waals surface area contributed by atoms with Crippen molar-refractivity contribution in [3.05, 3.63) is 52.8 Å². The van der Waals surface area contributed by atoms with Crippen LogP contribution in [0.15, 0.2) is 30.3 Å². The van der Waals surface area contributed by atoms with Crippen molar-refractivity contribution in [3.63, 3.8) is 0 Å². The molecule has 23 heavy (non-hydrogen) atoms.